The maximum atomic E-state index is 11.8. The molecule has 1 saturated carbocycles. The second-order valence-corrected chi connectivity index (χ2v) is 5.09. The second-order valence-electron chi connectivity index (χ2n) is 5.09. The first-order chi connectivity index (χ1) is 9.54. The molecule has 0 aromatic rings. The van der Waals surface area contributed by atoms with Crippen molar-refractivity contribution in [2.75, 3.05) is 0 Å². The average Bonchev–Trinajstić information content (AvgIpc) is 2.76. The van der Waals surface area contributed by atoms with Crippen LogP contribution >= 0.6 is 0 Å². The number of hydrogen-bond donors (Lipinski definition) is 2. The van der Waals surface area contributed by atoms with Gasteiger partial charge in [0.2, 0.25) is 0 Å². The summed E-state index contributed by atoms with van der Waals surface area (Å²) in [7, 11) is 0. The van der Waals surface area contributed by atoms with E-state index >= 15 is 0 Å². The quantitative estimate of drug-likeness (QED) is 0.577. The maximum Gasteiger partial charge on any atom is 0.304 e. The standard InChI is InChI=1S/C16H22O4/c1-2-13(17)10-8-12-9-11-15(18)14(12)6-4-3-5-7-16(19)20/h8,10,12-14,17H,2,5-7,9,11H2,1H3,(H,19,20). The number of carbonyl (C=O) groups excluding carboxylic acids is 1. The van der Waals surface area contributed by atoms with Crippen molar-refractivity contribution >= 4 is 11.8 Å². The number of aliphatic carboxylic acids is 1. The Bertz CT molecular complexity index is 427. The fourth-order valence-corrected chi connectivity index (χ4v) is 2.28. The Kier molecular flexibility index (Phi) is 7.03. The number of aliphatic hydroxyl groups excluding tert-OH is 1. The summed E-state index contributed by atoms with van der Waals surface area (Å²) >= 11 is 0. The third kappa shape index (κ3) is 5.58. The van der Waals surface area contributed by atoms with Gasteiger partial charge in [0.15, 0.2) is 0 Å². The van der Waals surface area contributed by atoms with Crippen molar-refractivity contribution in [3.63, 3.8) is 0 Å². The summed E-state index contributed by atoms with van der Waals surface area (Å²) in [6.45, 7) is 1.90. The number of rotatable bonds is 6. The molecule has 0 aromatic heterocycles. The third-order valence-corrected chi connectivity index (χ3v) is 3.56. The fourth-order valence-electron chi connectivity index (χ4n) is 2.28. The summed E-state index contributed by atoms with van der Waals surface area (Å²) in [5, 5.41) is 18.0. The molecule has 4 nitrogen and oxygen atoms in total. The highest BCUT2D eigenvalue weighted by Gasteiger charge is 2.32. The lowest BCUT2D eigenvalue weighted by Crippen LogP contribution is -2.13. The number of ketones is 1. The van der Waals surface area contributed by atoms with Crippen molar-refractivity contribution in [2.45, 2.75) is 51.6 Å². The summed E-state index contributed by atoms with van der Waals surface area (Å²) in [6, 6.07) is 0. The Hall–Kier alpha value is -1.60. The number of Topliss-reactive ketones (excluding diaryl/α,β-unsaturated/α-hetero) is 1. The minimum Gasteiger partial charge on any atom is -0.481 e. The van der Waals surface area contributed by atoms with Crippen LogP contribution in [-0.2, 0) is 9.59 Å². The van der Waals surface area contributed by atoms with E-state index in [4.69, 9.17) is 5.11 Å². The predicted octanol–water partition coefficient (Wildman–Crippen LogP) is 2.17. The molecule has 3 unspecified atom stereocenters. The molecule has 0 amide bonds. The molecule has 0 radical (unpaired) electrons. The van der Waals surface area contributed by atoms with Gasteiger partial charge < -0.3 is 10.2 Å². The van der Waals surface area contributed by atoms with Crippen LogP contribution in [-0.4, -0.2) is 28.1 Å². The van der Waals surface area contributed by atoms with E-state index in [1.165, 1.54) is 0 Å². The number of carboxylic acids is 1. The van der Waals surface area contributed by atoms with Crippen molar-refractivity contribution in [1.82, 2.24) is 0 Å². The molecule has 1 aliphatic rings. The van der Waals surface area contributed by atoms with Crippen molar-refractivity contribution in [2.24, 2.45) is 11.8 Å². The Morgan fingerprint density at radius 1 is 1.50 bits per heavy atom. The first-order valence-corrected chi connectivity index (χ1v) is 7.11. The van der Waals surface area contributed by atoms with E-state index in [9.17, 15) is 14.7 Å². The highest BCUT2D eigenvalue weighted by atomic mass is 16.4. The molecule has 0 saturated heterocycles. The average molecular weight is 278 g/mol. The van der Waals surface area contributed by atoms with Crippen LogP contribution in [0.25, 0.3) is 0 Å². The molecule has 1 fully saturated rings. The monoisotopic (exact) mass is 278 g/mol. The van der Waals surface area contributed by atoms with Crippen LogP contribution in [0.2, 0.25) is 0 Å². The zero-order chi connectivity index (χ0) is 15.0. The lowest BCUT2D eigenvalue weighted by molar-refractivity contribution is -0.136. The molecular formula is C16H22O4. The minimum atomic E-state index is -0.856. The van der Waals surface area contributed by atoms with Gasteiger partial charge in [0.25, 0.3) is 0 Å². The highest BCUT2D eigenvalue weighted by Crippen LogP contribution is 2.32. The van der Waals surface area contributed by atoms with Crippen LogP contribution in [0.5, 0.6) is 0 Å². The molecule has 2 N–H and O–H groups in total. The topological polar surface area (TPSA) is 74.6 Å². The van der Waals surface area contributed by atoms with Crippen LogP contribution in [0, 0.1) is 23.7 Å². The van der Waals surface area contributed by atoms with Crippen molar-refractivity contribution in [3.05, 3.63) is 12.2 Å². The molecule has 0 heterocycles. The first kappa shape index (κ1) is 16.5. The highest BCUT2D eigenvalue weighted by molar-refractivity contribution is 5.84. The van der Waals surface area contributed by atoms with E-state index in [0.717, 1.165) is 6.42 Å². The predicted molar refractivity (Wildman–Crippen MR) is 75.9 cm³/mol. The normalized spacial score (nSPS) is 23.6. The largest absolute Gasteiger partial charge is 0.481 e. The number of carboxylic acid groups (broad SMARTS) is 1. The van der Waals surface area contributed by atoms with Crippen molar-refractivity contribution < 1.29 is 19.8 Å². The minimum absolute atomic E-state index is 0.0393. The van der Waals surface area contributed by atoms with E-state index in [0.29, 0.717) is 25.7 Å². The summed E-state index contributed by atoms with van der Waals surface area (Å²) in [6.07, 6.45) is 6.13. The van der Waals surface area contributed by atoms with Gasteiger partial charge in [-0.2, -0.15) is 0 Å². The second kappa shape index (κ2) is 8.55. The van der Waals surface area contributed by atoms with E-state index in [1.54, 1.807) is 6.08 Å². The molecule has 4 heteroatoms. The Morgan fingerprint density at radius 2 is 2.25 bits per heavy atom. The molecule has 3 atom stereocenters. The zero-order valence-electron chi connectivity index (χ0n) is 11.8. The van der Waals surface area contributed by atoms with E-state index < -0.39 is 12.1 Å². The molecular weight excluding hydrogens is 256 g/mol. The van der Waals surface area contributed by atoms with Crippen LogP contribution in [0.15, 0.2) is 12.2 Å². The molecule has 0 bridgehead atoms. The molecule has 110 valence electrons. The number of allylic oxidation sites excluding steroid dienone is 1. The Balaban J connectivity index is 2.50. The van der Waals surface area contributed by atoms with Gasteiger partial charge in [-0.1, -0.05) is 19.1 Å². The van der Waals surface area contributed by atoms with Crippen LogP contribution in [0.1, 0.15) is 45.4 Å². The number of carbonyl (C=O) groups is 2. The zero-order valence-corrected chi connectivity index (χ0v) is 11.8. The Morgan fingerprint density at radius 3 is 2.90 bits per heavy atom. The SMILES string of the molecule is CCC(O)C=CC1CCC(=O)C1CC#CCCC(=O)O. The van der Waals surface area contributed by atoms with Crippen molar-refractivity contribution in [3.8, 4) is 11.8 Å². The number of aliphatic hydroxyl groups is 1. The van der Waals surface area contributed by atoms with Gasteiger partial charge in [-0.25, -0.2) is 0 Å². The molecule has 20 heavy (non-hydrogen) atoms. The van der Waals surface area contributed by atoms with Crippen molar-refractivity contribution in [1.29, 1.82) is 0 Å². The van der Waals surface area contributed by atoms with Crippen LogP contribution < -0.4 is 0 Å². The Labute approximate surface area is 119 Å². The molecule has 0 spiro atoms. The van der Waals surface area contributed by atoms with E-state index in [1.807, 2.05) is 13.0 Å². The van der Waals surface area contributed by atoms with Gasteiger partial charge in [-0.05, 0) is 18.8 Å². The fraction of sp³-hybridized carbons (Fsp3) is 0.625. The molecule has 1 aliphatic carbocycles. The van der Waals surface area contributed by atoms with Gasteiger partial charge in [0, 0.05) is 25.2 Å². The van der Waals surface area contributed by atoms with E-state index in [-0.39, 0.29) is 24.0 Å². The van der Waals surface area contributed by atoms with Crippen LogP contribution in [0.3, 0.4) is 0 Å². The smallest absolute Gasteiger partial charge is 0.304 e. The molecule has 0 aliphatic heterocycles. The summed E-state index contributed by atoms with van der Waals surface area (Å²) in [5.74, 6) is 5.13. The number of hydrogen-bond acceptors (Lipinski definition) is 3. The maximum absolute atomic E-state index is 11.8. The van der Waals surface area contributed by atoms with Crippen LogP contribution in [0.4, 0.5) is 0 Å². The van der Waals surface area contributed by atoms with Gasteiger partial charge in [0.05, 0.1) is 12.5 Å². The molecule has 0 aromatic carbocycles. The summed E-state index contributed by atoms with van der Waals surface area (Å²) < 4.78 is 0. The first-order valence-electron chi connectivity index (χ1n) is 7.11. The lowest BCUT2D eigenvalue weighted by Gasteiger charge is -2.12. The summed E-state index contributed by atoms with van der Waals surface area (Å²) in [5.41, 5.74) is 0. The van der Waals surface area contributed by atoms with Gasteiger partial charge in [0.1, 0.15) is 5.78 Å². The van der Waals surface area contributed by atoms with Gasteiger partial charge >= 0.3 is 5.97 Å². The third-order valence-electron chi connectivity index (χ3n) is 3.56. The van der Waals surface area contributed by atoms with Gasteiger partial charge in [-0.3, -0.25) is 9.59 Å². The summed E-state index contributed by atoms with van der Waals surface area (Å²) in [4.78, 5) is 22.2. The van der Waals surface area contributed by atoms with E-state index in [2.05, 4.69) is 11.8 Å². The lowest BCUT2D eigenvalue weighted by atomic mass is 9.91. The van der Waals surface area contributed by atoms with Gasteiger partial charge in [-0.15, -0.1) is 11.8 Å². The molecule has 1 rings (SSSR count).